The van der Waals surface area contributed by atoms with Crippen molar-refractivity contribution in [2.75, 3.05) is 6.61 Å². The zero-order valence-electron chi connectivity index (χ0n) is 16.2. The minimum absolute atomic E-state index is 0.0182. The van der Waals surface area contributed by atoms with Crippen LogP contribution >= 0.6 is 0 Å². The molecule has 0 bridgehead atoms. The van der Waals surface area contributed by atoms with Crippen LogP contribution in [0.4, 0.5) is 0 Å². The van der Waals surface area contributed by atoms with Gasteiger partial charge in [0.05, 0.1) is 12.5 Å². The zero-order chi connectivity index (χ0) is 19.4. The summed E-state index contributed by atoms with van der Waals surface area (Å²) in [6, 6.07) is 17.2. The first kappa shape index (κ1) is 19.1. The molecule has 3 aromatic carbocycles. The van der Waals surface area contributed by atoms with Crippen molar-refractivity contribution in [1.29, 1.82) is 0 Å². The zero-order valence-corrected chi connectivity index (χ0v) is 16.2. The number of hydrogen-bond donors (Lipinski definition) is 0. The number of benzene rings is 2. The van der Waals surface area contributed by atoms with Crippen LogP contribution in [0.15, 0.2) is 59.4 Å². The molecule has 1 unspecified atom stereocenters. The Kier molecular flexibility index (Phi) is 5.90. The summed E-state index contributed by atoms with van der Waals surface area (Å²) in [4.78, 5) is 25.4. The SMILES string of the molecule is CCC(C(=O)OCCC(C)C)c1ccc2c(=O)c3ccccc3ccc2c1. The lowest BCUT2D eigenvalue weighted by Gasteiger charge is -2.15. The molecule has 1 atom stereocenters. The number of ether oxygens (including phenoxy) is 1. The number of fused-ring (bicyclic) bond motifs is 2. The van der Waals surface area contributed by atoms with Crippen molar-refractivity contribution in [2.45, 2.75) is 39.5 Å². The highest BCUT2D eigenvalue weighted by Gasteiger charge is 2.21. The Morgan fingerprint density at radius 1 is 0.963 bits per heavy atom. The van der Waals surface area contributed by atoms with Gasteiger partial charge in [-0.3, -0.25) is 9.59 Å². The fraction of sp³-hybridized carbons (Fsp3) is 0.333. The number of carbonyl (C=O) groups is 1. The second kappa shape index (κ2) is 8.34. The maximum atomic E-state index is 12.9. The van der Waals surface area contributed by atoms with E-state index in [1.54, 1.807) is 0 Å². The Hall–Kier alpha value is -2.68. The van der Waals surface area contributed by atoms with Gasteiger partial charge in [0.2, 0.25) is 0 Å². The van der Waals surface area contributed by atoms with E-state index in [2.05, 4.69) is 13.8 Å². The summed E-state index contributed by atoms with van der Waals surface area (Å²) in [5.74, 6) is 0.00468. The van der Waals surface area contributed by atoms with Crippen molar-refractivity contribution in [3.63, 3.8) is 0 Å². The van der Waals surface area contributed by atoms with Crippen LogP contribution in [-0.4, -0.2) is 12.6 Å². The van der Waals surface area contributed by atoms with Gasteiger partial charge < -0.3 is 4.74 Å². The lowest BCUT2D eigenvalue weighted by Crippen LogP contribution is -2.17. The van der Waals surface area contributed by atoms with Gasteiger partial charge in [-0.15, -0.1) is 0 Å². The van der Waals surface area contributed by atoms with Crippen LogP contribution < -0.4 is 5.43 Å². The van der Waals surface area contributed by atoms with Crippen molar-refractivity contribution >= 4 is 27.5 Å². The summed E-state index contributed by atoms with van der Waals surface area (Å²) in [6.07, 6.45) is 1.53. The maximum Gasteiger partial charge on any atom is 0.313 e. The molecule has 0 amide bonds. The van der Waals surface area contributed by atoms with E-state index in [1.165, 1.54) is 0 Å². The van der Waals surface area contributed by atoms with E-state index in [0.717, 1.165) is 22.8 Å². The highest BCUT2D eigenvalue weighted by Crippen LogP contribution is 2.25. The second-order valence-electron chi connectivity index (χ2n) is 7.41. The number of rotatable bonds is 6. The lowest BCUT2D eigenvalue weighted by atomic mass is 9.94. The Morgan fingerprint density at radius 3 is 2.41 bits per heavy atom. The Balaban J connectivity index is 1.99. The molecule has 27 heavy (non-hydrogen) atoms. The molecule has 0 fully saturated rings. The summed E-state index contributed by atoms with van der Waals surface area (Å²) >= 11 is 0. The van der Waals surface area contributed by atoms with Crippen LogP contribution in [0.3, 0.4) is 0 Å². The first-order valence-corrected chi connectivity index (χ1v) is 9.63. The smallest absolute Gasteiger partial charge is 0.313 e. The standard InChI is InChI=1S/C24H26O3/c1-4-20(24(26)27-14-13-16(2)3)18-11-12-22-19(15-18)10-9-17-7-5-6-8-21(17)23(22)25/h5-12,15-16,20H,4,13-14H2,1-3H3. The van der Waals surface area contributed by atoms with Crippen molar-refractivity contribution in [1.82, 2.24) is 0 Å². The molecule has 0 aliphatic heterocycles. The second-order valence-corrected chi connectivity index (χ2v) is 7.41. The van der Waals surface area contributed by atoms with Crippen LogP contribution in [-0.2, 0) is 9.53 Å². The first-order chi connectivity index (χ1) is 13.0. The molecular formula is C24H26O3. The topological polar surface area (TPSA) is 43.4 Å². The summed E-state index contributed by atoms with van der Waals surface area (Å²) in [5.41, 5.74) is 0.916. The van der Waals surface area contributed by atoms with E-state index in [9.17, 15) is 9.59 Å². The largest absolute Gasteiger partial charge is 0.465 e. The van der Waals surface area contributed by atoms with Gasteiger partial charge in [0.25, 0.3) is 0 Å². The number of carbonyl (C=O) groups excluding carboxylic acids is 1. The van der Waals surface area contributed by atoms with E-state index in [0.29, 0.717) is 29.7 Å². The van der Waals surface area contributed by atoms with E-state index in [4.69, 9.17) is 4.74 Å². The van der Waals surface area contributed by atoms with Gasteiger partial charge in [0, 0.05) is 10.8 Å². The average Bonchev–Trinajstić information content (AvgIpc) is 2.79. The molecule has 0 radical (unpaired) electrons. The maximum absolute atomic E-state index is 12.9. The van der Waals surface area contributed by atoms with Crippen molar-refractivity contribution in [3.8, 4) is 0 Å². The molecular weight excluding hydrogens is 336 g/mol. The van der Waals surface area contributed by atoms with Gasteiger partial charge in [-0.2, -0.15) is 0 Å². The molecule has 0 saturated carbocycles. The van der Waals surface area contributed by atoms with Crippen LogP contribution in [0.5, 0.6) is 0 Å². The fourth-order valence-corrected chi connectivity index (χ4v) is 3.35. The predicted molar refractivity (Wildman–Crippen MR) is 111 cm³/mol. The molecule has 0 spiro atoms. The number of esters is 1. The van der Waals surface area contributed by atoms with E-state index < -0.39 is 0 Å². The third-order valence-electron chi connectivity index (χ3n) is 5.00. The van der Waals surface area contributed by atoms with Gasteiger partial charge in [0.1, 0.15) is 0 Å². The summed E-state index contributed by atoms with van der Waals surface area (Å²) in [5, 5.41) is 3.14. The predicted octanol–water partition coefficient (Wildman–Crippen LogP) is 5.44. The fourth-order valence-electron chi connectivity index (χ4n) is 3.35. The molecule has 0 aliphatic carbocycles. The van der Waals surface area contributed by atoms with Crippen molar-refractivity contribution in [3.05, 3.63) is 70.4 Å². The summed E-state index contributed by atoms with van der Waals surface area (Å²) < 4.78 is 5.48. The van der Waals surface area contributed by atoms with Gasteiger partial charge >= 0.3 is 5.97 Å². The summed E-state index contributed by atoms with van der Waals surface area (Å²) in [7, 11) is 0. The average molecular weight is 362 g/mol. The first-order valence-electron chi connectivity index (χ1n) is 9.63. The molecule has 0 heterocycles. The van der Waals surface area contributed by atoms with E-state index >= 15 is 0 Å². The van der Waals surface area contributed by atoms with Gasteiger partial charge in [-0.1, -0.05) is 75.4 Å². The lowest BCUT2D eigenvalue weighted by molar-refractivity contribution is -0.145. The monoisotopic (exact) mass is 362 g/mol. The molecule has 140 valence electrons. The van der Waals surface area contributed by atoms with Gasteiger partial charge in [-0.25, -0.2) is 0 Å². The quantitative estimate of drug-likeness (QED) is 0.549. The minimum Gasteiger partial charge on any atom is -0.465 e. The third kappa shape index (κ3) is 4.19. The minimum atomic E-state index is -0.309. The van der Waals surface area contributed by atoms with Crippen LogP contribution in [0.25, 0.3) is 21.5 Å². The highest BCUT2D eigenvalue weighted by atomic mass is 16.5. The molecule has 3 aromatic rings. The number of hydrogen-bond acceptors (Lipinski definition) is 3. The summed E-state index contributed by atoms with van der Waals surface area (Å²) in [6.45, 7) is 6.65. The third-order valence-corrected chi connectivity index (χ3v) is 5.00. The van der Waals surface area contributed by atoms with E-state index in [-0.39, 0.29) is 17.3 Å². The molecule has 3 rings (SSSR count). The van der Waals surface area contributed by atoms with Crippen molar-refractivity contribution in [2.24, 2.45) is 5.92 Å². The Labute approximate surface area is 160 Å². The Bertz CT molecular complexity index is 1020. The molecule has 0 aliphatic rings. The molecule has 3 nitrogen and oxygen atoms in total. The molecule has 0 aromatic heterocycles. The molecule has 0 N–H and O–H groups in total. The van der Waals surface area contributed by atoms with Crippen LogP contribution in [0.1, 0.15) is 45.1 Å². The van der Waals surface area contributed by atoms with Crippen LogP contribution in [0, 0.1) is 5.92 Å². The van der Waals surface area contributed by atoms with Crippen LogP contribution in [0.2, 0.25) is 0 Å². The van der Waals surface area contributed by atoms with E-state index in [1.807, 2.05) is 61.5 Å². The van der Waals surface area contributed by atoms with Crippen molar-refractivity contribution < 1.29 is 9.53 Å². The highest BCUT2D eigenvalue weighted by molar-refractivity contribution is 5.94. The Morgan fingerprint density at radius 2 is 1.67 bits per heavy atom. The molecule has 0 saturated heterocycles. The van der Waals surface area contributed by atoms with Gasteiger partial charge in [0.15, 0.2) is 5.43 Å². The normalized spacial score (nSPS) is 12.4. The van der Waals surface area contributed by atoms with Gasteiger partial charge in [-0.05, 0) is 35.1 Å². The molecule has 3 heteroatoms.